The van der Waals surface area contributed by atoms with Crippen LogP contribution in [-0.4, -0.2) is 17.4 Å². The summed E-state index contributed by atoms with van der Waals surface area (Å²) in [5, 5.41) is 2.86. The van der Waals surface area contributed by atoms with E-state index in [-0.39, 0.29) is 5.91 Å². The fraction of sp³-hybridized carbons (Fsp3) is 0.143. The Kier molecular flexibility index (Phi) is 4.47. The molecule has 18 heavy (non-hydrogen) atoms. The molecule has 0 aliphatic heterocycles. The minimum Gasteiger partial charge on any atom is -0.350 e. The molecule has 0 aliphatic carbocycles. The summed E-state index contributed by atoms with van der Waals surface area (Å²) in [5.74, 6) is -0.154. The average molecular weight is 305 g/mol. The molecule has 0 fully saturated rings. The van der Waals surface area contributed by atoms with Gasteiger partial charge in [0.05, 0.1) is 0 Å². The lowest BCUT2D eigenvalue weighted by atomic mass is 10.1. The van der Waals surface area contributed by atoms with Crippen LogP contribution in [0.3, 0.4) is 0 Å². The first kappa shape index (κ1) is 12.8. The topological polar surface area (TPSA) is 42.0 Å². The molecule has 1 heterocycles. The number of hydrogen-bond acceptors (Lipinski definition) is 2. The zero-order valence-electron chi connectivity index (χ0n) is 9.77. The molecular formula is C14H13BrN2O. The second-order valence-corrected chi connectivity index (χ2v) is 4.68. The number of amides is 1. The minimum absolute atomic E-state index is 0.154. The maximum atomic E-state index is 11.9. The van der Waals surface area contributed by atoms with Crippen LogP contribution in [0.15, 0.2) is 53.1 Å². The molecule has 92 valence electrons. The Morgan fingerprint density at radius 3 is 2.67 bits per heavy atom. The Labute approximate surface area is 114 Å². The summed E-state index contributed by atoms with van der Waals surface area (Å²) >= 11 is 3.31. The van der Waals surface area contributed by atoms with E-state index in [0.717, 1.165) is 6.42 Å². The predicted octanol–water partition coefficient (Wildman–Crippen LogP) is 2.82. The predicted molar refractivity (Wildman–Crippen MR) is 74.4 cm³/mol. The van der Waals surface area contributed by atoms with Gasteiger partial charge in [-0.2, -0.15) is 0 Å². The van der Waals surface area contributed by atoms with E-state index >= 15 is 0 Å². The third-order valence-electron chi connectivity index (χ3n) is 2.52. The third kappa shape index (κ3) is 3.40. The Balaban J connectivity index is 1.88. The lowest BCUT2D eigenvalue weighted by Gasteiger charge is -2.05. The van der Waals surface area contributed by atoms with Gasteiger partial charge in [-0.3, -0.25) is 4.79 Å². The van der Waals surface area contributed by atoms with Crippen molar-refractivity contribution < 1.29 is 4.79 Å². The molecule has 3 nitrogen and oxygen atoms in total. The highest BCUT2D eigenvalue weighted by molar-refractivity contribution is 9.10. The van der Waals surface area contributed by atoms with Gasteiger partial charge >= 0.3 is 0 Å². The quantitative estimate of drug-likeness (QED) is 0.944. The van der Waals surface area contributed by atoms with Crippen LogP contribution in [0.4, 0.5) is 0 Å². The molecule has 0 spiro atoms. The number of halogens is 1. The molecule has 0 unspecified atom stereocenters. The van der Waals surface area contributed by atoms with E-state index in [4.69, 9.17) is 0 Å². The van der Waals surface area contributed by atoms with Crippen LogP contribution < -0.4 is 5.32 Å². The maximum Gasteiger partial charge on any atom is 0.271 e. The van der Waals surface area contributed by atoms with Gasteiger partial charge in [0.15, 0.2) is 0 Å². The van der Waals surface area contributed by atoms with E-state index in [9.17, 15) is 4.79 Å². The normalized spacial score (nSPS) is 10.1. The fourth-order valence-electron chi connectivity index (χ4n) is 1.60. The van der Waals surface area contributed by atoms with E-state index in [1.54, 1.807) is 18.3 Å². The van der Waals surface area contributed by atoms with Gasteiger partial charge in [-0.15, -0.1) is 0 Å². The number of rotatable bonds is 4. The Bertz CT molecular complexity index is 528. The molecule has 0 aliphatic rings. The van der Waals surface area contributed by atoms with E-state index in [1.807, 2.05) is 30.3 Å². The maximum absolute atomic E-state index is 11.9. The van der Waals surface area contributed by atoms with Crippen LogP contribution in [0.1, 0.15) is 16.1 Å². The van der Waals surface area contributed by atoms with Crippen molar-refractivity contribution in [2.45, 2.75) is 6.42 Å². The number of aromatic nitrogens is 1. The van der Waals surface area contributed by atoms with E-state index in [0.29, 0.717) is 16.7 Å². The SMILES string of the molecule is O=C(NCCc1ccccc1)c1ncccc1Br. The van der Waals surface area contributed by atoms with Crippen LogP contribution >= 0.6 is 15.9 Å². The number of carbonyl (C=O) groups excluding carboxylic acids is 1. The molecule has 2 rings (SSSR count). The molecule has 0 saturated heterocycles. The molecule has 1 aromatic carbocycles. The molecular weight excluding hydrogens is 292 g/mol. The Hall–Kier alpha value is -1.68. The second kappa shape index (κ2) is 6.31. The Morgan fingerprint density at radius 1 is 1.17 bits per heavy atom. The molecule has 1 N–H and O–H groups in total. The van der Waals surface area contributed by atoms with Crippen molar-refractivity contribution >= 4 is 21.8 Å². The molecule has 0 radical (unpaired) electrons. The zero-order chi connectivity index (χ0) is 12.8. The highest BCUT2D eigenvalue weighted by atomic mass is 79.9. The monoisotopic (exact) mass is 304 g/mol. The van der Waals surface area contributed by atoms with Gasteiger partial charge in [-0.25, -0.2) is 4.98 Å². The molecule has 4 heteroatoms. The molecule has 1 amide bonds. The first-order chi connectivity index (χ1) is 8.77. The highest BCUT2D eigenvalue weighted by Crippen LogP contribution is 2.12. The van der Waals surface area contributed by atoms with Crippen LogP contribution in [0.25, 0.3) is 0 Å². The first-order valence-corrected chi connectivity index (χ1v) is 6.49. The number of nitrogens with one attached hydrogen (secondary N) is 1. The first-order valence-electron chi connectivity index (χ1n) is 5.70. The van der Waals surface area contributed by atoms with Crippen LogP contribution in [-0.2, 0) is 6.42 Å². The number of pyridine rings is 1. The van der Waals surface area contributed by atoms with E-state index in [2.05, 4.69) is 26.2 Å². The molecule has 1 aromatic heterocycles. The van der Waals surface area contributed by atoms with Gasteiger partial charge in [0.1, 0.15) is 5.69 Å². The summed E-state index contributed by atoms with van der Waals surface area (Å²) in [5.41, 5.74) is 1.63. The summed E-state index contributed by atoms with van der Waals surface area (Å²) in [7, 11) is 0. The number of benzene rings is 1. The Morgan fingerprint density at radius 2 is 1.94 bits per heavy atom. The number of carbonyl (C=O) groups is 1. The number of hydrogen-bond donors (Lipinski definition) is 1. The van der Waals surface area contributed by atoms with Crippen molar-refractivity contribution in [3.63, 3.8) is 0 Å². The van der Waals surface area contributed by atoms with Gasteiger partial charge in [0.25, 0.3) is 5.91 Å². The summed E-state index contributed by atoms with van der Waals surface area (Å²) in [4.78, 5) is 15.9. The molecule has 0 bridgehead atoms. The van der Waals surface area contributed by atoms with Crippen molar-refractivity contribution in [1.29, 1.82) is 0 Å². The summed E-state index contributed by atoms with van der Waals surface area (Å²) < 4.78 is 0.710. The van der Waals surface area contributed by atoms with Gasteiger partial charge in [0, 0.05) is 17.2 Å². The highest BCUT2D eigenvalue weighted by Gasteiger charge is 2.09. The fourth-order valence-corrected chi connectivity index (χ4v) is 2.04. The largest absolute Gasteiger partial charge is 0.350 e. The van der Waals surface area contributed by atoms with Crippen molar-refractivity contribution in [2.75, 3.05) is 6.54 Å². The second-order valence-electron chi connectivity index (χ2n) is 3.83. The van der Waals surface area contributed by atoms with E-state index < -0.39 is 0 Å². The lowest BCUT2D eigenvalue weighted by molar-refractivity contribution is 0.0948. The standard InChI is InChI=1S/C14H13BrN2O/c15-12-7-4-9-16-13(12)14(18)17-10-8-11-5-2-1-3-6-11/h1-7,9H,8,10H2,(H,17,18). The van der Waals surface area contributed by atoms with Crippen LogP contribution in [0.2, 0.25) is 0 Å². The van der Waals surface area contributed by atoms with Crippen molar-refractivity contribution in [1.82, 2.24) is 10.3 Å². The van der Waals surface area contributed by atoms with Crippen LogP contribution in [0.5, 0.6) is 0 Å². The third-order valence-corrected chi connectivity index (χ3v) is 3.16. The summed E-state index contributed by atoms with van der Waals surface area (Å²) in [6, 6.07) is 13.6. The van der Waals surface area contributed by atoms with Crippen molar-refractivity contribution in [3.8, 4) is 0 Å². The zero-order valence-corrected chi connectivity index (χ0v) is 11.4. The van der Waals surface area contributed by atoms with Gasteiger partial charge < -0.3 is 5.32 Å². The van der Waals surface area contributed by atoms with Crippen LogP contribution in [0, 0.1) is 0 Å². The summed E-state index contributed by atoms with van der Waals surface area (Å²) in [6.45, 7) is 0.603. The molecule has 0 atom stereocenters. The van der Waals surface area contributed by atoms with E-state index in [1.165, 1.54) is 5.56 Å². The summed E-state index contributed by atoms with van der Waals surface area (Å²) in [6.07, 6.45) is 2.42. The van der Waals surface area contributed by atoms with Gasteiger partial charge in [0.2, 0.25) is 0 Å². The molecule has 2 aromatic rings. The van der Waals surface area contributed by atoms with Gasteiger partial charge in [-0.1, -0.05) is 30.3 Å². The lowest BCUT2D eigenvalue weighted by Crippen LogP contribution is -2.26. The smallest absolute Gasteiger partial charge is 0.271 e. The van der Waals surface area contributed by atoms with Crippen molar-refractivity contribution in [2.24, 2.45) is 0 Å². The number of nitrogens with zero attached hydrogens (tertiary/aromatic N) is 1. The van der Waals surface area contributed by atoms with Gasteiger partial charge in [-0.05, 0) is 40.0 Å². The minimum atomic E-state index is -0.154. The average Bonchev–Trinajstić information content (AvgIpc) is 2.40. The van der Waals surface area contributed by atoms with Crippen molar-refractivity contribution in [3.05, 3.63) is 64.4 Å². The molecule has 0 saturated carbocycles.